The van der Waals surface area contributed by atoms with Crippen LogP contribution >= 0.6 is 0 Å². The molecule has 2 bridgehead atoms. The highest BCUT2D eigenvalue weighted by atomic mass is 16.5. The molecule has 22 heavy (non-hydrogen) atoms. The van der Waals surface area contributed by atoms with E-state index >= 15 is 0 Å². The third kappa shape index (κ3) is 2.59. The van der Waals surface area contributed by atoms with Crippen molar-refractivity contribution in [3.8, 4) is 0 Å². The van der Waals surface area contributed by atoms with Crippen LogP contribution in [0.25, 0.3) is 0 Å². The van der Waals surface area contributed by atoms with Gasteiger partial charge in [0, 0.05) is 5.92 Å². The lowest BCUT2D eigenvalue weighted by molar-refractivity contribution is -0.0395. The van der Waals surface area contributed by atoms with Gasteiger partial charge in [0.05, 0.1) is 17.3 Å². The smallest absolute Gasteiger partial charge is 0.0757 e. The Hall–Kier alpha value is -0.600. The van der Waals surface area contributed by atoms with Gasteiger partial charge in [-0.05, 0) is 64.2 Å². The second-order valence-corrected chi connectivity index (χ2v) is 8.49. The summed E-state index contributed by atoms with van der Waals surface area (Å²) >= 11 is 0. The first-order chi connectivity index (χ1) is 10.3. The molecule has 3 rings (SSSR count). The number of rotatable bonds is 3. The van der Waals surface area contributed by atoms with Crippen molar-refractivity contribution in [2.24, 2.45) is 23.7 Å². The molecule has 1 N–H and O–H groups in total. The van der Waals surface area contributed by atoms with Gasteiger partial charge in [-0.25, -0.2) is 0 Å². The van der Waals surface area contributed by atoms with Crippen LogP contribution in [0.2, 0.25) is 0 Å². The second kappa shape index (κ2) is 5.49. The largest absolute Gasteiger partial charge is 0.389 e. The molecular formula is C20H32O2. The first kappa shape index (κ1) is 16.3. The highest BCUT2D eigenvalue weighted by molar-refractivity contribution is 5.17. The van der Waals surface area contributed by atoms with Crippen LogP contribution in [0.5, 0.6) is 0 Å². The molecule has 2 fully saturated rings. The lowest BCUT2D eigenvalue weighted by Crippen LogP contribution is -2.35. The van der Waals surface area contributed by atoms with Crippen LogP contribution in [-0.2, 0) is 4.74 Å². The first-order valence-corrected chi connectivity index (χ1v) is 8.99. The molecule has 0 amide bonds. The zero-order chi connectivity index (χ0) is 16.1. The molecule has 124 valence electrons. The molecule has 7 atom stereocenters. The van der Waals surface area contributed by atoms with E-state index in [1.54, 1.807) is 0 Å². The zero-order valence-electron chi connectivity index (χ0n) is 14.8. The van der Waals surface area contributed by atoms with E-state index in [2.05, 4.69) is 46.8 Å². The highest BCUT2D eigenvalue weighted by Crippen LogP contribution is 2.57. The summed E-state index contributed by atoms with van der Waals surface area (Å²) in [6.07, 6.45) is 11.1. The van der Waals surface area contributed by atoms with Crippen molar-refractivity contribution in [3.63, 3.8) is 0 Å². The molecule has 2 heteroatoms. The van der Waals surface area contributed by atoms with E-state index in [1.165, 1.54) is 18.4 Å². The van der Waals surface area contributed by atoms with Crippen molar-refractivity contribution in [2.75, 3.05) is 0 Å². The summed E-state index contributed by atoms with van der Waals surface area (Å²) in [6, 6.07) is 0. The van der Waals surface area contributed by atoms with E-state index in [-0.39, 0.29) is 17.3 Å². The van der Waals surface area contributed by atoms with Crippen molar-refractivity contribution in [3.05, 3.63) is 23.8 Å². The molecule has 0 unspecified atom stereocenters. The molecule has 0 aromatic carbocycles. The Balaban J connectivity index is 1.70. The van der Waals surface area contributed by atoms with Crippen molar-refractivity contribution < 1.29 is 9.84 Å². The molecule has 2 aliphatic heterocycles. The minimum atomic E-state index is -0.282. The summed E-state index contributed by atoms with van der Waals surface area (Å²) < 4.78 is 6.37. The van der Waals surface area contributed by atoms with E-state index in [1.807, 2.05) is 6.08 Å². The summed E-state index contributed by atoms with van der Waals surface area (Å²) in [5, 5.41) is 10.3. The average molecular weight is 304 g/mol. The lowest BCUT2D eigenvalue weighted by atomic mass is 9.68. The van der Waals surface area contributed by atoms with E-state index in [0.717, 1.165) is 12.8 Å². The van der Waals surface area contributed by atoms with E-state index in [9.17, 15) is 5.11 Å². The summed E-state index contributed by atoms with van der Waals surface area (Å²) in [5.41, 5.74) is 1.42. The maximum absolute atomic E-state index is 10.3. The van der Waals surface area contributed by atoms with Crippen LogP contribution < -0.4 is 0 Å². The van der Waals surface area contributed by atoms with Crippen LogP contribution in [0, 0.1) is 23.7 Å². The van der Waals surface area contributed by atoms with Gasteiger partial charge >= 0.3 is 0 Å². The molecule has 0 radical (unpaired) electrons. The molecule has 2 nitrogen and oxygen atoms in total. The Labute approximate surface area is 135 Å². The number of fused-ring (bicyclic) bond motifs is 2. The van der Waals surface area contributed by atoms with Crippen LogP contribution in [0.4, 0.5) is 0 Å². The Morgan fingerprint density at radius 3 is 2.59 bits per heavy atom. The fourth-order valence-electron chi connectivity index (χ4n) is 5.04. The zero-order valence-corrected chi connectivity index (χ0v) is 14.8. The normalized spacial score (nSPS) is 49.6. The quantitative estimate of drug-likeness (QED) is 0.778. The summed E-state index contributed by atoms with van der Waals surface area (Å²) in [7, 11) is 0. The van der Waals surface area contributed by atoms with Crippen LogP contribution in [0.15, 0.2) is 23.8 Å². The van der Waals surface area contributed by atoms with Crippen LogP contribution in [0.3, 0.4) is 0 Å². The highest BCUT2D eigenvalue weighted by Gasteiger charge is 2.60. The van der Waals surface area contributed by atoms with Crippen molar-refractivity contribution >= 4 is 0 Å². The Bertz CT molecular complexity index is 494. The number of aliphatic hydroxyl groups is 1. The summed E-state index contributed by atoms with van der Waals surface area (Å²) in [6.45, 7) is 11.3. The minimum Gasteiger partial charge on any atom is -0.389 e. The van der Waals surface area contributed by atoms with Gasteiger partial charge < -0.3 is 9.84 Å². The first-order valence-electron chi connectivity index (χ1n) is 8.99. The van der Waals surface area contributed by atoms with E-state index in [4.69, 9.17) is 4.74 Å². The van der Waals surface area contributed by atoms with Gasteiger partial charge in [-0.15, -0.1) is 0 Å². The number of hydrogen-bond acceptors (Lipinski definition) is 2. The Kier molecular flexibility index (Phi) is 4.06. The Morgan fingerprint density at radius 1 is 1.32 bits per heavy atom. The number of ether oxygens (including phenoxy) is 1. The number of allylic oxidation sites excluding steroid dienone is 2. The number of aliphatic hydroxyl groups excluding tert-OH is 1. The monoisotopic (exact) mass is 304 g/mol. The van der Waals surface area contributed by atoms with E-state index in [0.29, 0.717) is 23.7 Å². The fraction of sp³-hybridized carbons (Fsp3) is 0.800. The average Bonchev–Trinajstić information content (AvgIpc) is 2.84. The van der Waals surface area contributed by atoms with Crippen molar-refractivity contribution in [1.82, 2.24) is 0 Å². The van der Waals surface area contributed by atoms with Gasteiger partial charge in [0.2, 0.25) is 0 Å². The van der Waals surface area contributed by atoms with Crippen molar-refractivity contribution in [1.29, 1.82) is 0 Å². The number of hydrogen-bond donors (Lipinski definition) is 1. The van der Waals surface area contributed by atoms with Gasteiger partial charge in [-0.1, -0.05) is 37.6 Å². The summed E-state index contributed by atoms with van der Waals surface area (Å²) in [5.74, 6) is 1.86. The third-order valence-electron chi connectivity index (χ3n) is 6.85. The molecule has 2 heterocycles. The molecule has 0 saturated carbocycles. The van der Waals surface area contributed by atoms with Gasteiger partial charge in [-0.3, -0.25) is 0 Å². The van der Waals surface area contributed by atoms with Crippen LogP contribution in [-0.4, -0.2) is 22.4 Å². The summed E-state index contributed by atoms with van der Waals surface area (Å²) in [4.78, 5) is 0. The second-order valence-electron chi connectivity index (χ2n) is 8.49. The van der Waals surface area contributed by atoms with E-state index < -0.39 is 0 Å². The van der Waals surface area contributed by atoms with Crippen LogP contribution in [0.1, 0.15) is 60.3 Å². The predicted octanol–water partition coefficient (Wildman–Crippen LogP) is 4.49. The molecule has 2 saturated heterocycles. The topological polar surface area (TPSA) is 29.5 Å². The maximum Gasteiger partial charge on any atom is 0.0757 e. The Morgan fingerprint density at radius 2 is 2.00 bits per heavy atom. The third-order valence-corrected chi connectivity index (χ3v) is 6.85. The molecule has 0 spiro atoms. The lowest BCUT2D eigenvalue weighted by Gasteiger charge is -2.33. The van der Waals surface area contributed by atoms with Gasteiger partial charge in [0.15, 0.2) is 0 Å². The van der Waals surface area contributed by atoms with Crippen molar-refractivity contribution in [2.45, 2.75) is 77.6 Å². The van der Waals surface area contributed by atoms with Gasteiger partial charge in [0.1, 0.15) is 0 Å². The molecule has 0 aromatic heterocycles. The van der Waals surface area contributed by atoms with Gasteiger partial charge in [-0.2, -0.15) is 0 Å². The predicted molar refractivity (Wildman–Crippen MR) is 90.6 cm³/mol. The van der Waals surface area contributed by atoms with Gasteiger partial charge in [0.25, 0.3) is 0 Å². The minimum absolute atomic E-state index is 0.0199. The molecular weight excluding hydrogens is 272 g/mol. The molecule has 1 aliphatic carbocycles. The molecule has 0 aromatic rings. The fourth-order valence-corrected chi connectivity index (χ4v) is 5.04. The maximum atomic E-state index is 10.3. The SMILES string of the molecule is CC1=C[C@@H](O)[C@@H]([C@@H](C)/C=C\[C@@H]2[C@@H](C)[C@@]3(C)CC[C@]2(C)O3)CC1. The standard InChI is InChI=1S/C20H32O2/c1-13-6-8-16(18(21)12-13)14(2)7-9-17-15(3)19(4)10-11-20(17,5)22-19/h7,9,12,14-18,21H,6,8,10-11H2,1-5H3/b9-7-/t14-,15+,16+,17+,18+,19+,20-/m0/s1. The molecule has 3 aliphatic rings.